The first-order valence-corrected chi connectivity index (χ1v) is 8.87. The number of imidazole rings is 1. The SMILES string of the molecule is O=C(c1ccc(-n2cc[nH]c2=S)cc1)N1CCCC1c1ccccc1. The summed E-state index contributed by atoms with van der Waals surface area (Å²) in [5.41, 5.74) is 2.88. The van der Waals surface area contributed by atoms with Gasteiger partial charge in [-0.05, 0) is 54.9 Å². The first kappa shape index (κ1) is 15.8. The van der Waals surface area contributed by atoms with Crippen LogP contribution in [0.5, 0.6) is 0 Å². The highest BCUT2D eigenvalue weighted by Crippen LogP contribution is 2.33. The van der Waals surface area contributed by atoms with Crippen molar-refractivity contribution < 1.29 is 4.79 Å². The summed E-state index contributed by atoms with van der Waals surface area (Å²) in [7, 11) is 0. The first-order chi connectivity index (χ1) is 12.2. The predicted octanol–water partition coefficient (Wildman–Crippen LogP) is 4.51. The van der Waals surface area contributed by atoms with Crippen molar-refractivity contribution in [3.8, 4) is 5.69 Å². The summed E-state index contributed by atoms with van der Waals surface area (Å²) in [5.74, 6) is 0.0931. The van der Waals surface area contributed by atoms with Crippen LogP contribution in [-0.2, 0) is 0 Å². The molecule has 0 spiro atoms. The largest absolute Gasteiger partial charge is 0.337 e. The van der Waals surface area contributed by atoms with Gasteiger partial charge in [-0.2, -0.15) is 0 Å². The van der Waals surface area contributed by atoms with Crippen LogP contribution in [0.3, 0.4) is 0 Å². The highest BCUT2D eigenvalue weighted by Gasteiger charge is 2.30. The van der Waals surface area contributed by atoms with Crippen LogP contribution in [-0.4, -0.2) is 26.9 Å². The summed E-state index contributed by atoms with van der Waals surface area (Å²) in [6.45, 7) is 0.809. The maximum Gasteiger partial charge on any atom is 0.254 e. The number of benzene rings is 2. The fourth-order valence-corrected chi connectivity index (χ4v) is 3.72. The number of hydrogen-bond acceptors (Lipinski definition) is 2. The Morgan fingerprint density at radius 1 is 1.08 bits per heavy atom. The minimum atomic E-state index is 0.0931. The molecule has 4 rings (SSSR count). The van der Waals surface area contributed by atoms with Gasteiger partial charge in [0, 0.05) is 30.2 Å². The molecule has 1 N–H and O–H groups in total. The second kappa shape index (κ2) is 6.69. The van der Waals surface area contributed by atoms with Gasteiger partial charge in [-0.1, -0.05) is 30.3 Å². The fourth-order valence-electron chi connectivity index (χ4n) is 3.49. The van der Waals surface area contributed by atoms with Gasteiger partial charge in [-0.15, -0.1) is 0 Å². The van der Waals surface area contributed by atoms with E-state index in [1.807, 2.05) is 58.1 Å². The Hall–Kier alpha value is -2.66. The Labute approximate surface area is 151 Å². The number of rotatable bonds is 3. The summed E-state index contributed by atoms with van der Waals surface area (Å²) in [6.07, 6.45) is 5.75. The van der Waals surface area contributed by atoms with Crippen molar-refractivity contribution in [3.63, 3.8) is 0 Å². The van der Waals surface area contributed by atoms with Crippen molar-refractivity contribution in [2.24, 2.45) is 0 Å². The lowest BCUT2D eigenvalue weighted by Gasteiger charge is -2.25. The molecule has 1 fully saturated rings. The summed E-state index contributed by atoms with van der Waals surface area (Å²) in [6, 6.07) is 18.1. The molecule has 1 aliphatic rings. The number of nitrogens with zero attached hydrogens (tertiary/aromatic N) is 2. The van der Waals surface area contributed by atoms with Gasteiger partial charge in [0.05, 0.1) is 6.04 Å². The van der Waals surface area contributed by atoms with Crippen LogP contribution in [0.1, 0.15) is 34.8 Å². The van der Waals surface area contributed by atoms with E-state index in [9.17, 15) is 4.79 Å². The average Bonchev–Trinajstić information content (AvgIpc) is 3.31. The summed E-state index contributed by atoms with van der Waals surface area (Å²) in [5, 5.41) is 0. The third-order valence-corrected chi connectivity index (χ3v) is 5.05. The predicted molar refractivity (Wildman–Crippen MR) is 100 cm³/mol. The molecule has 1 atom stereocenters. The number of nitrogens with one attached hydrogen (secondary N) is 1. The Morgan fingerprint density at radius 2 is 1.84 bits per heavy atom. The Morgan fingerprint density at radius 3 is 2.52 bits per heavy atom. The van der Waals surface area contributed by atoms with E-state index in [-0.39, 0.29) is 11.9 Å². The number of aromatic nitrogens is 2. The number of H-pyrrole nitrogens is 1. The lowest BCUT2D eigenvalue weighted by molar-refractivity contribution is 0.0735. The highest BCUT2D eigenvalue weighted by molar-refractivity contribution is 7.71. The molecule has 2 aromatic carbocycles. The molecule has 1 amide bonds. The molecule has 0 aliphatic carbocycles. The number of likely N-dealkylation sites (tertiary alicyclic amines) is 1. The molecule has 3 aromatic rings. The molecule has 1 aliphatic heterocycles. The first-order valence-electron chi connectivity index (χ1n) is 8.46. The molecule has 2 heterocycles. The molecular weight excluding hydrogens is 330 g/mol. The lowest BCUT2D eigenvalue weighted by atomic mass is 10.0. The summed E-state index contributed by atoms with van der Waals surface area (Å²) < 4.78 is 2.52. The molecule has 4 nitrogen and oxygen atoms in total. The zero-order valence-electron chi connectivity index (χ0n) is 13.8. The zero-order valence-corrected chi connectivity index (χ0v) is 14.6. The van der Waals surface area contributed by atoms with Gasteiger partial charge in [-0.3, -0.25) is 9.36 Å². The topological polar surface area (TPSA) is 41.0 Å². The van der Waals surface area contributed by atoms with E-state index in [4.69, 9.17) is 12.2 Å². The van der Waals surface area contributed by atoms with Crippen molar-refractivity contribution >= 4 is 18.1 Å². The van der Waals surface area contributed by atoms with Crippen molar-refractivity contribution in [1.29, 1.82) is 0 Å². The summed E-state index contributed by atoms with van der Waals surface area (Å²) in [4.78, 5) is 18.0. The van der Waals surface area contributed by atoms with E-state index in [1.165, 1.54) is 5.56 Å². The second-order valence-corrected chi connectivity index (χ2v) is 6.64. The number of carbonyl (C=O) groups is 1. The van der Waals surface area contributed by atoms with Crippen LogP contribution in [0.2, 0.25) is 0 Å². The van der Waals surface area contributed by atoms with Crippen molar-refractivity contribution in [2.45, 2.75) is 18.9 Å². The normalized spacial score (nSPS) is 17.0. The lowest BCUT2D eigenvalue weighted by Crippen LogP contribution is -2.30. The molecule has 0 radical (unpaired) electrons. The molecule has 1 aromatic heterocycles. The van der Waals surface area contributed by atoms with Gasteiger partial charge in [0.15, 0.2) is 4.77 Å². The summed E-state index contributed by atoms with van der Waals surface area (Å²) >= 11 is 5.24. The van der Waals surface area contributed by atoms with Gasteiger partial charge in [-0.25, -0.2) is 0 Å². The van der Waals surface area contributed by atoms with E-state index in [2.05, 4.69) is 17.1 Å². The molecule has 1 unspecified atom stereocenters. The second-order valence-electron chi connectivity index (χ2n) is 6.25. The third-order valence-electron chi connectivity index (χ3n) is 4.74. The fraction of sp³-hybridized carbons (Fsp3) is 0.200. The molecule has 5 heteroatoms. The molecule has 126 valence electrons. The number of carbonyl (C=O) groups excluding carboxylic acids is 1. The van der Waals surface area contributed by atoms with Gasteiger partial charge in [0.1, 0.15) is 0 Å². The number of hydrogen-bond donors (Lipinski definition) is 1. The van der Waals surface area contributed by atoms with Crippen molar-refractivity contribution in [1.82, 2.24) is 14.5 Å². The molecule has 0 bridgehead atoms. The van der Waals surface area contributed by atoms with Crippen LogP contribution in [0.25, 0.3) is 5.69 Å². The van der Waals surface area contributed by atoms with E-state index < -0.39 is 0 Å². The van der Waals surface area contributed by atoms with Crippen LogP contribution < -0.4 is 0 Å². The quantitative estimate of drug-likeness (QED) is 0.707. The van der Waals surface area contributed by atoms with Crippen LogP contribution in [0.4, 0.5) is 0 Å². The maximum atomic E-state index is 13.0. The van der Waals surface area contributed by atoms with Crippen molar-refractivity contribution in [2.75, 3.05) is 6.54 Å². The molecule has 25 heavy (non-hydrogen) atoms. The smallest absolute Gasteiger partial charge is 0.254 e. The number of amides is 1. The minimum Gasteiger partial charge on any atom is -0.337 e. The molecule has 1 saturated heterocycles. The Balaban J connectivity index is 1.58. The molecular formula is C20H19N3OS. The highest BCUT2D eigenvalue weighted by atomic mass is 32.1. The maximum absolute atomic E-state index is 13.0. The Kier molecular flexibility index (Phi) is 4.24. The van der Waals surface area contributed by atoms with E-state index >= 15 is 0 Å². The monoisotopic (exact) mass is 349 g/mol. The van der Waals surface area contributed by atoms with Gasteiger partial charge in [0.25, 0.3) is 5.91 Å². The van der Waals surface area contributed by atoms with Gasteiger partial charge < -0.3 is 9.88 Å². The van der Waals surface area contributed by atoms with Crippen LogP contribution >= 0.6 is 12.2 Å². The third kappa shape index (κ3) is 3.03. The van der Waals surface area contributed by atoms with Crippen LogP contribution in [0.15, 0.2) is 67.0 Å². The van der Waals surface area contributed by atoms with Crippen LogP contribution in [0, 0.1) is 4.77 Å². The van der Waals surface area contributed by atoms with Gasteiger partial charge >= 0.3 is 0 Å². The average molecular weight is 349 g/mol. The molecule has 0 saturated carbocycles. The number of aromatic amines is 1. The van der Waals surface area contributed by atoms with E-state index in [1.54, 1.807) is 6.20 Å². The van der Waals surface area contributed by atoms with E-state index in [0.717, 1.165) is 25.1 Å². The zero-order chi connectivity index (χ0) is 17.2. The minimum absolute atomic E-state index is 0.0931. The van der Waals surface area contributed by atoms with Gasteiger partial charge in [0.2, 0.25) is 0 Å². The standard InChI is InChI=1S/C20H19N3OS/c24-19(23-13-4-7-18(23)15-5-2-1-3-6-15)16-8-10-17(11-9-16)22-14-12-21-20(22)25/h1-3,5-6,8-12,14,18H,4,7,13H2,(H,21,25). The van der Waals surface area contributed by atoms with Crippen molar-refractivity contribution in [3.05, 3.63) is 82.9 Å². The van der Waals surface area contributed by atoms with E-state index in [0.29, 0.717) is 10.3 Å². The Bertz CT molecular complexity index is 927.